The zero-order valence-corrected chi connectivity index (χ0v) is 14.2. The lowest BCUT2D eigenvalue weighted by Gasteiger charge is -2.47. The Hall–Kier alpha value is -2.77. The van der Waals surface area contributed by atoms with Crippen LogP contribution < -0.4 is 0 Å². The molecule has 0 spiro atoms. The molecule has 1 saturated heterocycles. The van der Waals surface area contributed by atoms with Gasteiger partial charge in [-0.2, -0.15) is 14.7 Å². The fourth-order valence-electron chi connectivity index (χ4n) is 2.91. The van der Waals surface area contributed by atoms with Gasteiger partial charge in [-0.25, -0.2) is 18.4 Å². The molecule has 0 saturated carbocycles. The third-order valence-corrected chi connectivity index (χ3v) is 5.53. The molecule has 1 aliphatic heterocycles. The maximum absolute atomic E-state index is 12.5. The smallest absolute Gasteiger partial charge is 0.213 e. The second-order valence-electron chi connectivity index (χ2n) is 5.88. The predicted octanol–water partition coefficient (Wildman–Crippen LogP) is 1.10. The Morgan fingerprint density at radius 3 is 3.19 bits per heavy atom. The van der Waals surface area contributed by atoms with Crippen LogP contribution >= 0.6 is 0 Å². The summed E-state index contributed by atoms with van der Waals surface area (Å²) in [6.45, 7) is -5.77. The van der Waals surface area contributed by atoms with E-state index in [0.717, 1.165) is 5.39 Å². The second kappa shape index (κ2) is 5.89. The topological polar surface area (TPSA) is 121 Å². The molecular formula is C16H17N7O2S. The van der Waals surface area contributed by atoms with Gasteiger partial charge in [0, 0.05) is 43.2 Å². The number of rotatable bonds is 5. The summed E-state index contributed by atoms with van der Waals surface area (Å²) < 4.78 is 65.3. The largest absolute Gasteiger partial charge is 0.346 e. The predicted molar refractivity (Wildman–Crippen MR) is 94.3 cm³/mol. The van der Waals surface area contributed by atoms with Crippen molar-refractivity contribution < 1.29 is 15.3 Å². The van der Waals surface area contributed by atoms with Crippen molar-refractivity contribution in [2.24, 2.45) is 0 Å². The minimum Gasteiger partial charge on any atom is -0.346 e. The summed E-state index contributed by atoms with van der Waals surface area (Å²) in [7, 11) is -4.43. The molecule has 1 fully saturated rings. The van der Waals surface area contributed by atoms with Gasteiger partial charge < -0.3 is 4.98 Å². The number of H-pyrrole nitrogens is 1. The van der Waals surface area contributed by atoms with Gasteiger partial charge in [-0.1, -0.05) is 0 Å². The third-order valence-electron chi connectivity index (χ3n) is 4.28. The first kappa shape index (κ1) is 11.8. The molecule has 4 rings (SSSR count). The summed E-state index contributed by atoms with van der Waals surface area (Å²) in [5.74, 6) is -1.20. The lowest BCUT2D eigenvalue weighted by Crippen LogP contribution is -2.64. The molecule has 3 aromatic rings. The van der Waals surface area contributed by atoms with Gasteiger partial charge in [0.15, 0.2) is 0 Å². The van der Waals surface area contributed by atoms with Gasteiger partial charge in [0.25, 0.3) is 0 Å². The molecule has 9 nitrogen and oxygen atoms in total. The number of nitrogens with zero attached hydrogens (tertiary/aromatic N) is 6. The van der Waals surface area contributed by atoms with E-state index in [0.29, 0.717) is 21.2 Å². The Morgan fingerprint density at radius 2 is 2.42 bits per heavy atom. The fourth-order valence-corrected chi connectivity index (χ4v) is 3.79. The van der Waals surface area contributed by atoms with E-state index in [1.807, 2.05) is 6.07 Å². The molecule has 1 unspecified atom stereocenters. The monoisotopic (exact) mass is 376 g/mol. The van der Waals surface area contributed by atoms with E-state index in [1.165, 1.54) is 23.4 Å². The second-order valence-corrected chi connectivity index (χ2v) is 7.77. The van der Waals surface area contributed by atoms with E-state index >= 15 is 0 Å². The first-order valence-electron chi connectivity index (χ1n) is 10.1. The number of aromatic nitrogens is 5. The van der Waals surface area contributed by atoms with E-state index in [1.54, 1.807) is 12.3 Å². The quantitative estimate of drug-likeness (QED) is 0.712. The van der Waals surface area contributed by atoms with E-state index in [2.05, 4.69) is 20.1 Å². The van der Waals surface area contributed by atoms with Crippen LogP contribution in [0.1, 0.15) is 20.1 Å². The molecule has 0 amide bonds. The molecule has 1 N–H and O–H groups in total. The average Bonchev–Trinajstić information content (AvgIpc) is 3.31. The van der Waals surface area contributed by atoms with Crippen LogP contribution in [0.25, 0.3) is 22.3 Å². The van der Waals surface area contributed by atoms with Crippen LogP contribution in [0, 0.1) is 11.3 Å². The van der Waals surface area contributed by atoms with Crippen molar-refractivity contribution in [3.05, 3.63) is 31.0 Å². The van der Waals surface area contributed by atoms with Gasteiger partial charge in [0.1, 0.15) is 17.5 Å². The molecular weight excluding hydrogens is 354 g/mol. The van der Waals surface area contributed by atoms with Crippen molar-refractivity contribution in [1.82, 2.24) is 29.0 Å². The lowest BCUT2D eigenvalue weighted by molar-refractivity contribution is 0.0719. The molecule has 0 radical (unpaired) electrons. The van der Waals surface area contributed by atoms with Crippen molar-refractivity contribution in [1.29, 1.82) is 5.26 Å². The van der Waals surface area contributed by atoms with Crippen molar-refractivity contribution >= 4 is 21.1 Å². The summed E-state index contributed by atoms with van der Waals surface area (Å²) in [6, 6.07) is 3.67. The zero-order valence-electron chi connectivity index (χ0n) is 18.4. The maximum Gasteiger partial charge on any atom is 0.213 e. The first-order valence-corrected chi connectivity index (χ1v) is 9.23. The Balaban J connectivity index is 1.73. The van der Waals surface area contributed by atoms with Crippen LogP contribution in [0.4, 0.5) is 0 Å². The molecule has 134 valence electrons. The normalized spacial score (nSPS) is 26.0. The average molecular weight is 376 g/mol. The molecule has 4 heterocycles. The molecule has 3 aromatic heterocycles. The van der Waals surface area contributed by atoms with E-state index in [-0.39, 0.29) is 6.42 Å². The lowest BCUT2D eigenvalue weighted by atomic mass is 9.89. The van der Waals surface area contributed by atoms with Gasteiger partial charge in [0.2, 0.25) is 10.0 Å². The van der Waals surface area contributed by atoms with Crippen LogP contribution in [0.3, 0.4) is 0 Å². The Bertz CT molecular complexity index is 1290. The van der Waals surface area contributed by atoms with Gasteiger partial charge in [0.05, 0.1) is 30.1 Å². The number of nitrogens with one attached hydrogen (secondary N) is 1. The SMILES string of the molecule is [2H]C([2H])([2H])CS(=O)(=O)N1CC(CC#N)(n2cc(-c3ncnc4[nH]ccc34)cn2)C1([2H])[2H]. The molecule has 10 heteroatoms. The summed E-state index contributed by atoms with van der Waals surface area (Å²) >= 11 is 0. The van der Waals surface area contributed by atoms with Gasteiger partial charge in [-0.3, -0.25) is 4.68 Å². The molecule has 0 aliphatic carbocycles. The fraction of sp³-hybridized carbons (Fsp3) is 0.375. The summed E-state index contributed by atoms with van der Waals surface area (Å²) in [6.07, 6.45) is 5.64. The molecule has 1 aliphatic rings. The Labute approximate surface area is 157 Å². The number of sulfonamides is 1. The maximum atomic E-state index is 12.5. The van der Waals surface area contributed by atoms with Crippen LogP contribution in [-0.4, -0.2) is 56.2 Å². The highest BCUT2D eigenvalue weighted by atomic mass is 32.2. The van der Waals surface area contributed by atoms with Crippen LogP contribution in [0.5, 0.6) is 0 Å². The van der Waals surface area contributed by atoms with Crippen molar-refractivity contribution in [2.45, 2.75) is 18.8 Å². The molecule has 26 heavy (non-hydrogen) atoms. The third kappa shape index (κ3) is 2.48. The number of hydrogen-bond acceptors (Lipinski definition) is 6. The summed E-state index contributed by atoms with van der Waals surface area (Å²) in [4.78, 5) is 11.3. The molecule has 0 bridgehead atoms. The Kier molecular flexibility index (Phi) is 2.67. The van der Waals surface area contributed by atoms with Crippen molar-refractivity contribution in [3.63, 3.8) is 0 Å². The van der Waals surface area contributed by atoms with Crippen LogP contribution in [0.2, 0.25) is 0 Å². The highest BCUT2D eigenvalue weighted by molar-refractivity contribution is 7.89. The van der Waals surface area contributed by atoms with E-state index < -0.39 is 41.2 Å². The van der Waals surface area contributed by atoms with Crippen LogP contribution in [0.15, 0.2) is 31.0 Å². The van der Waals surface area contributed by atoms with E-state index in [9.17, 15) is 13.7 Å². The summed E-state index contributed by atoms with van der Waals surface area (Å²) in [5.41, 5.74) is 0.0530. The molecule has 0 aromatic carbocycles. The van der Waals surface area contributed by atoms with Crippen molar-refractivity contribution in [3.8, 4) is 17.3 Å². The van der Waals surface area contributed by atoms with Crippen LogP contribution in [-0.2, 0) is 15.6 Å². The number of aromatic amines is 1. The minimum atomic E-state index is -4.43. The van der Waals surface area contributed by atoms with Crippen molar-refractivity contribution in [2.75, 3.05) is 18.8 Å². The standard InChI is InChI=1S/C16H17N7O2S/c1-2-26(24,25)22-9-16(10-22,4-5-17)23-8-12(7-21-23)14-13-3-6-18-15(13)20-11-19-14/h3,6-8,11H,2,4,9-10H2,1H3,(H,18,19,20)/i1D3,9D2. The summed E-state index contributed by atoms with van der Waals surface area (Å²) in [5, 5.41) is 14.3. The Morgan fingerprint density at radius 1 is 1.54 bits per heavy atom. The molecule has 1 atom stereocenters. The van der Waals surface area contributed by atoms with E-state index in [4.69, 9.17) is 6.85 Å². The number of fused-ring (bicyclic) bond motifs is 1. The first-order chi connectivity index (χ1) is 14.4. The minimum absolute atomic E-state index is 0.371. The highest BCUT2D eigenvalue weighted by Gasteiger charge is 2.49. The van der Waals surface area contributed by atoms with Gasteiger partial charge >= 0.3 is 0 Å². The highest BCUT2D eigenvalue weighted by Crippen LogP contribution is 2.35. The number of hydrogen-bond donors (Lipinski definition) is 1. The number of nitriles is 1. The zero-order chi connectivity index (χ0) is 22.7. The van der Waals surface area contributed by atoms with Gasteiger partial charge in [-0.05, 0) is 12.9 Å². The van der Waals surface area contributed by atoms with Gasteiger partial charge in [-0.15, -0.1) is 0 Å².